The summed E-state index contributed by atoms with van der Waals surface area (Å²) < 4.78 is 0. The number of hydrogen-bond acceptors (Lipinski definition) is 2. The lowest BCUT2D eigenvalue weighted by molar-refractivity contribution is -0.141. The Labute approximate surface area is 64.0 Å². The van der Waals surface area contributed by atoms with Crippen molar-refractivity contribution in [2.45, 2.75) is 13.0 Å². The maximum Gasteiger partial charge on any atom is 0.326 e. The average molecular weight is 158 g/mol. The second-order valence-electron chi connectivity index (χ2n) is 2.44. The van der Waals surface area contributed by atoms with Crippen molar-refractivity contribution in [1.29, 1.82) is 0 Å². The summed E-state index contributed by atoms with van der Waals surface area (Å²) in [6.45, 7) is 2.51. The molecule has 2 amide bonds. The Balaban J connectivity index is 2.59. The Hall–Kier alpha value is -1.26. The van der Waals surface area contributed by atoms with E-state index in [0.717, 1.165) is 0 Å². The number of carboxylic acid groups (broad SMARTS) is 1. The maximum absolute atomic E-state index is 10.9. The molecule has 1 fully saturated rings. The Morgan fingerprint density at radius 1 is 1.82 bits per heavy atom. The minimum Gasteiger partial charge on any atom is -0.480 e. The molecule has 0 bridgehead atoms. The van der Waals surface area contributed by atoms with Crippen LogP contribution in [0.4, 0.5) is 4.79 Å². The van der Waals surface area contributed by atoms with Crippen molar-refractivity contribution in [1.82, 2.24) is 10.2 Å². The predicted molar refractivity (Wildman–Crippen MR) is 37.2 cm³/mol. The first-order valence-corrected chi connectivity index (χ1v) is 3.40. The molecule has 1 rings (SSSR count). The van der Waals surface area contributed by atoms with Crippen LogP contribution in [0.5, 0.6) is 0 Å². The second-order valence-corrected chi connectivity index (χ2v) is 2.44. The zero-order valence-electron chi connectivity index (χ0n) is 6.20. The minimum atomic E-state index is -0.970. The van der Waals surface area contributed by atoms with Gasteiger partial charge in [0, 0.05) is 13.1 Å². The van der Waals surface area contributed by atoms with Crippen LogP contribution >= 0.6 is 0 Å². The molecular weight excluding hydrogens is 148 g/mol. The Kier molecular flexibility index (Phi) is 1.98. The van der Waals surface area contributed by atoms with E-state index in [1.807, 2.05) is 0 Å². The third kappa shape index (κ3) is 1.42. The van der Waals surface area contributed by atoms with Gasteiger partial charge in [-0.05, 0) is 6.92 Å². The highest BCUT2D eigenvalue weighted by atomic mass is 16.4. The molecule has 1 aliphatic heterocycles. The fourth-order valence-electron chi connectivity index (χ4n) is 0.989. The van der Waals surface area contributed by atoms with E-state index < -0.39 is 12.0 Å². The molecule has 0 aliphatic carbocycles. The lowest BCUT2D eigenvalue weighted by Gasteiger charge is -2.18. The van der Waals surface area contributed by atoms with Gasteiger partial charge in [0.15, 0.2) is 0 Å². The van der Waals surface area contributed by atoms with Crippen molar-refractivity contribution < 1.29 is 14.7 Å². The highest BCUT2D eigenvalue weighted by molar-refractivity contribution is 5.83. The summed E-state index contributed by atoms with van der Waals surface area (Å²) >= 11 is 0. The summed E-state index contributed by atoms with van der Waals surface area (Å²) in [5, 5.41) is 11.1. The maximum atomic E-state index is 10.9. The number of amides is 2. The third-order valence-corrected chi connectivity index (χ3v) is 1.71. The normalized spacial score (nSPS) is 19.7. The molecule has 62 valence electrons. The van der Waals surface area contributed by atoms with Gasteiger partial charge >= 0.3 is 12.0 Å². The fourth-order valence-corrected chi connectivity index (χ4v) is 0.989. The first kappa shape index (κ1) is 7.84. The van der Waals surface area contributed by atoms with Crippen LogP contribution in [0.1, 0.15) is 6.92 Å². The van der Waals surface area contributed by atoms with Gasteiger partial charge in [-0.1, -0.05) is 0 Å². The first-order valence-electron chi connectivity index (χ1n) is 3.40. The summed E-state index contributed by atoms with van der Waals surface area (Å²) in [6, 6.07) is -1.02. The van der Waals surface area contributed by atoms with Crippen molar-refractivity contribution in [3.63, 3.8) is 0 Å². The molecule has 1 saturated heterocycles. The van der Waals surface area contributed by atoms with Crippen molar-refractivity contribution in [2.24, 2.45) is 0 Å². The molecule has 0 aromatic rings. The Morgan fingerprint density at radius 2 is 2.45 bits per heavy atom. The SMILES string of the molecule is C[C@H](C(=O)O)N1CCNC1=O. The van der Waals surface area contributed by atoms with E-state index >= 15 is 0 Å². The van der Waals surface area contributed by atoms with Crippen molar-refractivity contribution in [2.75, 3.05) is 13.1 Å². The molecule has 11 heavy (non-hydrogen) atoms. The predicted octanol–water partition coefficient (Wildman–Crippen LogP) is -0.515. The van der Waals surface area contributed by atoms with Crippen LogP contribution < -0.4 is 5.32 Å². The van der Waals surface area contributed by atoms with Gasteiger partial charge < -0.3 is 15.3 Å². The zero-order valence-corrected chi connectivity index (χ0v) is 6.20. The van der Waals surface area contributed by atoms with Crippen LogP contribution in [-0.2, 0) is 4.79 Å². The van der Waals surface area contributed by atoms with Crippen LogP contribution in [0, 0.1) is 0 Å². The molecule has 1 heterocycles. The molecular formula is C6H10N2O3. The molecule has 1 aliphatic rings. The standard InChI is InChI=1S/C6H10N2O3/c1-4(5(9)10)8-3-2-7-6(8)11/h4H,2-3H2,1H3,(H,7,11)(H,9,10)/t4-/m1/s1. The van der Waals surface area contributed by atoms with Crippen molar-refractivity contribution >= 4 is 12.0 Å². The van der Waals surface area contributed by atoms with Crippen molar-refractivity contribution in [3.8, 4) is 0 Å². The molecule has 1 atom stereocenters. The molecule has 0 aromatic carbocycles. The van der Waals surface area contributed by atoms with Gasteiger partial charge in [-0.3, -0.25) is 0 Å². The van der Waals surface area contributed by atoms with Crippen molar-refractivity contribution in [3.05, 3.63) is 0 Å². The molecule has 5 heteroatoms. The van der Waals surface area contributed by atoms with Gasteiger partial charge in [0.2, 0.25) is 0 Å². The second kappa shape index (κ2) is 2.77. The number of urea groups is 1. The Morgan fingerprint density at radius 3 is 2.82 bits per heavy atom. The average Bonchev–Trinajstić information content (AvgIpc) is 2.33. The van der Waals surface area contributed by atoms with E-state index in [9.17, 15) is 9.59 Å². The van der Waals surface area contributed by atoms with E-state index in [1.54, 1.807) is 0 Å². The monoisotopic (exact) mass is 158 g/mol. The van der Waals surface area contributed by atoms with Gasteiger partial charge in [-0.25, -0.2) is 9.59 Å². The van der Waals surface area contributed by atoms with E-state index in [4.69, 9.17) is 5.11 Å². The fraction of sp³-hybridized carbons (Fsp3) is 0.667. The van der Waals surface area contributed by atoms with E-state index in [0.29, 0.717) is 13.1 Å². The number of aliphatic carboxylic acids is 1. The smallest absolute Gasteiger partial charge is 0.326 e. The van der Waals surface area contributed by atoms with Gasteiger partial charge in [0.05, 0.1) is 0 Å². The summed E-state index contributed by atoms with van der Waals surface area (Å²) in [6.07, 6.45) is 0. The van der Waals surface area contributed by atoms with Gasteiger partial charge in [0.25, 0.3) is 0 Å². The molecule has 0 saturated carbocycles. The number of nitrogens with one attached hydrogen (secondary N) is 1. The highest BCUT2D eigenvalue weighted by Gasteiger charge is 2.28. The largest absolute Gasteiger partial charge is 0.480 e. The lowest BCUT2D eigenvalue weighted by Crippen LogP contribution is -2.40. The van der Waals surface area contributed by atoms with Crippen LogP contribution in [-0.4, -0.2) is 41.1 Å². The van der Waals surface area contributed by atoms with Crippen LogP contribution in [0.15, 0.2) is 0 Å². The summed E-state index contributed by atoms with van der Waals surface area (Å²) in [7, 11) is 0. The van der Waals surface area contributed by atoms with E-state index in [-0.39, 0.29) is 6.03 Å². The summed E-state index contributed by atoms with van der Waals surface area (Å²) in [5.74, 6) is -0.970. The Bertz CT molecular complexity index is 192. The molecule has 0 unspecified atom stereocenters. The minimum absolute atomic E-state index is 0.292. The van der Waals surface area contributed by atoms with E-state index in [2.05, 4.69) is 5.32 Å². The highest BCUT2D eigenvalue weighted by Crippen LogP contribution is 2.03. The molecule has 5 nitrogen and oxygen atoms in total. The van der Waals surface area contributed by atoms with Gasteiger partial charge in [0.1, 0.15) is 6.04 Å². The van der Waals surface area contributed by atoms with Crippen LogP contribution in [0.25, 0.3) is 0 Å². The first-order chi connectivity index (χ1) is 5.13. The van der Waals surface area contributed by atoms with E-state index in [1.165, 1.54) is 11.8 Å². The topological polar surface area (TPSA) is 69.6 Å². The number of rotatable bonds is 2. The number of carbonyl (C=O) groups excluding carboxylic acids is 1. The molecule has 0 spiro atoms. The quantitative estimate of drug-likeness (QED) is 0.568. The third-order valence-electron chi connectivity index (χ3n) is 1.71. The molecule has 2 N–H and O–H groups in total. The summed E-state index contributed by atoms with van der Waals surface area (Å²) in [5.41, 5.74) is 0. The summed E-state index contributed by atoms with van der Waals surface area (Å²) in [4.78, 5) is 22.6. The zero-order chi connectivity index (χ0) is 8.43. The lowest BCUT2D eigenvalue weighted by atomic mass is 10.3. The molecule has 0 radical (unpaired) electrons. The molecule has 0 aromatic heterocycles. The number of carboxylic acids is 1. The van der Waals surface area contributed by atoms with Crippen LogP contribution in [0.3, 0.4) is 0 Å². The number of nitrogens with zero attached hydrogens (tertiary/aromatic N) is 1. The van der Waals surface area contributed by atoms with Crippen LogP contribution in [0.2, 0.25) is 0 Å². The van der Waals surface area contributed by atoms with Gasteiger partial charge in [-0.15, -0.1) is 0 Å². The number of hydrogen-bond donors (Lipinski definition) is 2. The van der Waals surface area contributed by atoms with Gasteiger partial charge in [-0.2, -0.15) is 0 Å². The number of carbonyl (C=O) groups is 2.